The zero-order valence-corrected chi connectivity index (χ0v) is 11.1. The van der Waals surface area contributed by atoms with Gasteiger partial charge in [0.2, 0.25) is 0 Å². The summed E-state index contributed by atoms with van der Waals surface area (Å²) >= 11 is 0. The van der Waals surface area contributed by atoms with Gasteiger partial charge in [-0.2, -0.15) is 0 Å². The van der Waals surface area contributed by atoms with Crippen LogP contribution in [-0.2, 0) is 0 Å². The third-order valence-corrected chi connectivity index (χ3v) is 3.49. The van der Waals surface area contributed by atoms with Crippen molar-refractivity contribution in [3.8, 4) is 0 Å². The van der Waals surface area contributed by atoms with Gasteiger partial charge in [-0.25, -0.2) is 0 Å². The van der Waals surface area contributed by atoms with Gasteiger partial charge in [0.15, 0.2) is 0 Å². The molecule has 0 radical (unpaired) electrons. The highest BCUT2D eigenvalue weighted by Crippen LogP contribution is 2.14. The fourth-order valence-corrected chi connectivity index (χ4v) is 2.37. The third kappa shape index (κ3) is 3.01. The highest BCUT2D eigenvalue weighted by atomic mass is 16.1. The number of carbonyl (C=O) groups excluding carboxylic acids is 1. The Morgan fingerprint density at radius 2 is 2.28 bits per heavy atom. The molecule has 3 N–H and O–H groups in total. The number of aryl methyl sites for hydroxylation is 1. The largest absolute Gasteiger partial charge is 0.399 e. The lowest BCUT2D eigenvalue weighted by molar-refractivity contribution is 0.0912. The van der Waals surface area contributed by atoms with Gasteiger partial charge in [-0.3, -0.25) is 4.79 Å². The first-order chi connectivity index (χ1) is 8.56. The average Bonchev–Trinajstić information content (AvgIpc) is 2.32. The number of likely N-dealkylation sites (N-methyl/N-ethyl adjacent to an activating group) is 1. The molecule has 2 rings (SSSR count). The van der Waals surface area contributed by atoms with Crippen molar-refractivity contribution in [1.82, 2.24) is 10.2 Å². The van der Waals surface area contributed by atoms with E-state index in [-0.39, 0.29) is 11.9 Å². The summed E-state index contributed by atoms with van der Waals surface area (Å²) in [7, 11) is 2.09. The second kappa shape index (κ2) is 5.40. The number of amides is 1. The summed E-state index contributed by atoms with van der Waals surface area (Å²) in [6, 6.07) is 5.67. The number of piperidine rings is 1. The molecule has 0 aliphatic carbocycles. The van der Waals surface area contributed by atoms with Gasteiger partial charge in [-0.15, -0.1) is 0 Å². The molecule has 1 saturated heterocycles. The second-order valence-electron chi connectivity index (χ2n) is 5.15. The normalized spacial score (nSPS) is 20.7. The Morgan fingerprint density at radius 3 is 2.94 bits per heavy atom. The maximum atomic E-state index is 12.1. The number of rotatable bonds is 2. The van der Waals surface area contributed by atoms with E-state index in [1.807, 2.05) is 13.0 Å². The van der Waals surface area contributed by atoms with Crippen LogP contribution in [0.15, 0.2) is 18.2 Å². The van der Waals surface area contributed by atoms with Crippen molar-refractivity contribution in [3.63, 3.8) is 0 Å². The van der Waals surface area contributed by atoms with Gasteiger partial charge in [-0.1, -0.05) is 0 Å². The van der Waals surface area contributed by atoms with E-state index in [0.717, 1.165) is 37.2 Å². The second-order valence-corrected chi connectivity index (χ2v) is 5.15. The molecular weight excluding hydrogens is 226 g/mol. The molecule has 0 bridgehead atoms. The maximum Gasteiger partial charge on any atom is 0.251 e. The van der Waals surface area contributed by atoms with E-state index in [0.29, 0.717) is 5.56 Å². The van der Waals surface area contributed by atoms with Crippen LogP contribution in [0.4, 0.5) is 5.69 Å². The van der Waals surface area contributed by atoms with Gasteiger partial charge < -0.3 is 16.0 Å². The summed E-state index contributed by atoms with van der Waals surface area (Å²) < 4.78 is 0. The van der Waals surface area contributed by atoms with Crippen LogP contribution in [0.1, 0.15) is 28.8 Å². The molecule has 1 unspecified atom stereocenters. The quantitative estimate of drug-likeness (QED) is 0.777. The summed E-state index contributed by atoms with van der Waals surface area (Å²) in [6.45, 7) is 3.97. The van der Waals surface area contributed by atoms with E-state index in [2.05, 4.69) is 17.3 Å². The van der Waals surface area contributed by atoms with Gasteiger partial charge in [0, 0.05) is 23.8 Å². The molecule has 1 amide bonds. The Kier molecular flexibility index (Phi) is 3.87. The fraction of sp³-hybridized carbons (Fsp3) is 0.500. The molecule has 4 heteroatoms. The summed E-state index contributed by atoms with van der Waals surface area (Å²) in [4.78, 5) is 14.4. The van der Waals surface area contributed by atoms with E-state index in [1.54, 1.807) is 12.1 Å². The van der Waals surface area contributed by atoms with Gasteiger partial charge >= 0.3 is 0 Å². The first-order valence-electron chi connectivity index (χ1n) is 6.42. The molecule has 1 aliphatic heterocycles. The first kappa shape index (κ1) is 12.9. The molecule has 1 aliphatic rings. The Bertz CT molecular complexity index is 445. The minimum Gasteiger partial charge on any atom is -0.399 e. The summed E-state index contributed by atoms with van der Waals surface area (Å²) in [6.07, 6.45) is 2.20. The Labute approximate surface area is 108 Å². The van der Waals surface area contributed by atoms with Crippen LogP contribution in [0, 0.1) is 6.92 Å². The molecule has 1 aromatic carbocycles. The number of benzene rings is 1. The number of anilines is 1. The highest BCUT2D eigenvalue weighted by molar-refractivity contribution is 5.95. The lowest BCUT2D eigenvalue weighted by Gasteiger charge is -2.30. The van der Waals surface area contributed by atoms with Gasteiger partial charge in [0.1, 0.15) is 0 Å². The maximum absolute atomic E-state index is 12.1. The Hall–Kier alpha value is -1.55. The smallest absolute Gasteiger partial charge is 0.251 e. The van der Waals surface area contributed by atoms with E-state index in [9.17, 15) is 4.79 Å². The molecule has 4 nitrogen and oxygen atoms in total. The van der Waals surface area contributed by atoms with Crippen LogP contribution in [-0.4, -0.2) is 37.0 Å². The molecule has 1 aromatic rings. The van der Waals surface area contributed by atoms with Crippen molar-refractivity contribution in [2.75, 3.05) is 25.9 Å². The van der Waals surface area contributed by atoms with Crippen LogP contribution in [0.25, 0.3) is 0 Å². The summed E-state index contributed by atoms with van der Waals surface area (Å²) in [5.41, 5.74) is 8.12. The molecule has 1 fully saturated rings. The summed E-state index contributed by atoms with van der Waals surface area (Å²) in [5, 5.41) is 3.09. The molecule has 98 valence electrons. The minimum absolute atomic E-state index is 0.00148. The molecule has 1 heterocycles. The molecule has 18 heavy (non-hydrogen) atoms. The predicted molar refractivity (Wildman–Crippen MR) is 73.6 cm³/mol. The topological polar surface area (TPSA) is 58.4 Å². The van der Waals surface area contributed by atoms with Crippen molar-refractivity contribution in [2.24, 2.45) is 0 Å². The van der Waals surface area contributed by atoms with Crippen LogP contribution in [0.2, 0.25) is 0 Å². The number of nitrogens with one attached hydrogen (secondary N) is 1. The average molecular weight is 247 g/mol. The number of carbonyl (C=O) groups is 1. The standard InChI is InChI=1S/C14H21N3O/c1-10-8-11(5-6-13(10)15)14(18)16-12-4-3-7-17(2)9-12/h5-6,8,12H,3-4,7,9,15H2,1-2H3,(H,16,18). The van der Waals surface area contributed by atoms with E-state index >= 15 is 0 Å². The molecule has 0 aromatic heterocycles. The summed E-state index contributed by atoms with van der Waals surface area (Å²) in [5.74, 6) is -0.00148. The molecule has 0 spiro atoms. The third-order valence-electron chi connectivity index (χ3n) is 3.49. The van der Waals surface area contributed by atoms with Crippen LogP contribution < -0.4 is 11.1 Å². The number of hydrogen-bond donors (Lipinski definition) is 2. The lowest BCUT2D eigenvalue weighted by Crippen LogP contribution is -2.46. The van der Waals surface area contributed by atoms with Crippen LogP contribution in [0.5, 0.6) is 0 Å². The van der Waals surface area contributed by atoms with Crippen LogP contribution in [0.3, 0.4) is 0 Å². The van der Waals surface area contributed by atoms with E-state index < -0.39 is 0 Å². The van der Waals surface area contributed by atoms with E-state index in [4.69, 9.17) is 5.73 Å². The van der Waals surface area contributed by atoms with Crippen molar-refractivity contribution in [1.29, 1.82) is 0 Å². The Balaban J connectivity index is 2.00. The Morgan fingerprint density at radius 1 is 1.50 bits per heavy atom. The van der Waals surface area contributed by atoms with E-state index in [1.165, 1.54) is 0 Å². The zero-order chi connectivity index (χ0) is 13.1. The van der Waals surface area contributed by atoms with Gasteiger partial charge in [-0.05, 0) is 57.1 Å². The lowest BCUT2D eigenvalue weighted by atomic mass is 10.0. The number of nitrogens with two attached hydrogens (primary N) is 1. The highest BCUT2D eigenvalue weighted by Gasteiger charge is 2.19. The number of nitrogen functional groups attached to an aromatic ring is 1. The first-order valence-corrected chi connectivity index (χ1v) is 6.42. The molecule has 0 saturated carbocycles. The predicted octanol–water partition coefficient (Wildman–Crippen LogP) is 1.40. The number of likely N-dealkylation sites (tertiary alicyclic amines) is 1. The molecule has 1 atom stereocenters. The zero-order valence-electron chi connectivity index (χ0n) is 11.1. The number of nitrogens with zero attached hydrogens (tertiary/aromatic N) is 1. The van der Waals surface area contributed by atoms with Gasteiger partial charge in [0.25, 0.3) is 5.91 Å². The van der Waals surface area contributed by atoms with Crippen molar-refractivity contribution in [3.05, 3.63) is 29.3 Å². The monoisotopic (exact) mass is 247 g/mol. The van der Waals surface area contributed by atoms with Crippen molar-refractivity contribution < 1.29 is 4.79 Å². The minimum atomic E-state index is -0.00148. The fourth-order valence-electron chi connectivity index (χ4n) is 2.37. The van der Waals surface area contributed by atoms with Gasteiger partial charge in [0.05, 0.1) is 0 Å². The number of hydrogen-bond acceptors (Lipinski definition) is 3. The van der Waals surface area contributed by atoms with Crippen molar-refractivity contribution in [2.45, 2.75) is 25.8 Å². The van der Waals surface area contributed by atoms with Crippen LogP contribution >= 0.6 is 0 Å². The SMILES string of the molecule is Cc1cc(C(=O)NC2CCCN(C)C2)ccc1N. The molecular formula is C14H21N3O. The van der Waals surface area contributed by atoms with Crippen molar-refractivity contribution >= 4 is 11.6 Å².